The fourth-order valence-corrected chi connectivity index (χ4v) is 4.31. The molecule has 1 fully saturated rings. The SMILES string of the molecule is CC(C)CNCCCS(=O)(=O)C1CCCCC1. The fraction of sp³-hybridized carbons (Fsp3) is 1.00. The van der Waals surface area contributed by atoms with Gasteiger partial charge in [-0.15, -0.1) is 0 Å². The summed E-state index contributed by atoms with van der Waals surface area (Å²) in [6.45, 7) is 6.12. The highest BCUT2D eigenvalue weighted by Gasteiger charge is 2.26. The summed E-state index contributed by atoms with van der Waals surface area (Å²) in [6, 6.07) is 0. The summed E-state index contributed by atoms with van der Waals surface area (Å²) >= 11 is 0. The van der Waals surface area contributed by atoms with E-state index in [2.05, 4.69) is 19.2 Å². The molecule has 0 radical (unpaired) electrons. The Bertz CT molecular complexity index is 293. The molecule has 0 spiro atoms. The lowest BCUT2D eigenvalue weighted by Gasteiger charge is -2.21. The van der Waals surface area contributed by atoms with E-state index in [0.29, 0.717) is 11.7 Å². The van der Waals surface area contributed by atoms with Crippen molar-refractivity contribution in [3.05, 3.63) is 0 Å². The first-order valence-corrected chi connectivity index (χ1v) is 8.66. The van der Waals surface area contributed by atoms with E-state index in [-0.39, 0.29) is 5.25 Å². The van der Waals surface area contributed by atoms with Gasteiger partial charge in [-0.2, -0.15) is 0 Å². The highest BCUT2D eigenvalue weighted by Crippen LogP contribution is 2.24. The van der Waals surface area contributed by atoms with Crippen molar-refractivity contribution in [3.8, 4) is 0 Å². The molecule has 0 heterocycles. The van der Waals surface area contributed by atoms with Gasteiger partial charge in [0.15, 0.2) is 9.84 Å². The van der Waals surface area contributed by atoms with Crippen LogP contribution >= 0.6 is 0 Å². The monoisotopic (exact) mass is 261 g/mol. The van der Waals surface area contributed by atoms with E-state index in [1.165, 1.54) is 6.42 Å². The zero-order valence-corrected chi connectivity index (χ0v) is 12.1. The third-order valence-corrected chi connectivity index (χ3v) is 5.74. The highest BCUT2D eigenvalue weighted by molar-refractivity contribution is 7.92. The predicted octanol–water partition coefficient (Wildman–Crippen LogP) is 2.37. The van der Waals surface area contributed by atoms with Gasteiger partial charge in [0.1, 0.15) is 0 Å². The minimum atomic E-state index is -2.82. The Morgan fingerprint density at radius 1 is 1.18 bits per heavy atom. The van der Waals surface area contributed by atoms with Gasteiger partial charge < -0.3 is 5.32 Å². The van der Waals surface area contributed by atoms with Crippen molar-refractivity contribution < 1.29 is 8.42 Å². The lowest BCUT2D eigenvalue weighted by Crippen LogP contribution is -2.28. The van der Waals surface area contributed by atoms with E-state index in [9.17, 15) is 8.42 Å². The van der Waals surface area contributed by atoms with Crippen LogP contribution in [-0.2, 0) is 9.84 Å². The predicted molar refractivity (Wildman–Crippen MR) is 73.0 cm³/mol. The molecule has 0 aromatic rings. The second kappa shape index (κ2) is 7.37. The molecule has 4 heteroatoms. The summed E-state index contributed by atoms with van der Waals surface area (Å²) in [5.74, 6) is 0.993. The van der Waals surface area contributed by atoms with Crippen LogP contribution in [0.25, 0.3) is 0 Å². The van der Waals surface area contributed by atoms with Crippen molar-refractivity contribution in [1.29, 1.82) is 0 Å². The Kier molecular flexibility index (Phi) is 6.49. The number of hydrogen-bond acceptors (Lipinski definition) is 3. The molecular formula is C13H27NO2S. The van der Waals surface area contributed by atoms with E-state index in [1.54, 1.807) is 0 Å². The third-order valence-electron chi connectivity index (χ3n) is 3.40. The number of rotatable bonds is 7. The van der Waals surface area contributed by atoms with Gasteiger partial charge in [0.25, 0.3) is 0 Å². The Morgan fingerprint density at radius 3 is 2.41 bits per heavy atom. The molecule has 0 amide bonds. The molecule has 0 unspecified atom stereocenters. The van der Waals surface area contributed by atoms with Crippen LogP contribution in [0.3, 0.4) is 0 Å². The van der Waals surface area contributed by atoms with Crippen molar-refractivity contribution in [2.75, 3.05) is 18.8 Å². The average Bonchev–Trinajstić information content (AvgIpc) is 2.29. The van der Waals surface area contributed by atoms with Crippen LogP contribution in [-0.4, -0.2) is 32.5 Å². The van der Waals surface area contributed by atoms with Crippen molar-refractivity contribution in [2.45, 2.75) is 57.6 Å². The summed E-state index contributed by atoms with van der Waals surface area (Å²) in [6.07, 6.45) is 5.93. The minimum Gasteiger partial charge on any atom is -0.316 e. The van der Waals surface area contributed by atoms with Crippen molar-refractivity contribution >= 4 is 9.84 Å². The maximum atomic E-state index is 12.1. The molecule has 0 aliphatic heterocycles. The smallest absolute Gasteiger partial charge is 0.153 e. The van der Waals surface area contributed by atoms with E-state index in [0.717, 1.165) is 45.2 Å². The van der Waals surface area contributed by atoms with Crippen molar-refractivity contribution in [1.82, 2.24) is 5.32 Å². The van der Waals surface area contributed by atoms with Gasteiger partial charge in [-0.1, -0.05) is 33.1 Å². The Hall–Kier alpha value is -0.0900. The molecule has 1 rings (SSSR count). The van der Waals surface area contributed by atoms with Gasteiger partial charge in [0.05, 0.1) is 11.0 Å². The molecule has 0 atom stereocenters. The zero-order chi connectivity index (χ0) is 12.7. The molecular weight excluding hydrogens is 234 g/mol. The van der Waals surface area contributed by atoms with Crippen LogP contribution in [0.5, 0.6) is 0 Å². The van der Waals surface area contributed by atoms with E-state index in [4.69, 9.17) is 0 Å². The molecule has 17 heavy (non-hydrogen) atoms. The van der Waals surface area contributed by atoms with E-state index in [1.807, 2.05) is 0 Å². The summed E-state index contributed by atoms with van der Waals surface area (Å²) < 4.78 is 24.1. The largest absolute Gasteiger partial charge is 0.316 e. The Labute approximate surface area is 106 Å². The molecule has 1 N–H and O–H groups in total. The minimum absolute atomic E-state index is 0.0404. The standard InChI is InChI=1S/C13H27NO2S/c1-12(2)11-14-9-6-10-17(15,16)13-7-4-3-5-8-13/h12-14H,3-11H2,1-2H3. The van der Waals surface area contributed by atoms with Gasteiger partial charge in [0.2, 0.25) is 0 Å². The highest BCUT2D eigenvalue weighted by atomic mass is 32.2. The second-order valence-corrected chi connectivity index (χ2v) is 7.98. The lowest BCUT2D eigenvalue weighted by atomic mass is 10.0. The second-order valence-electron chi connectivity index (χ2n) is 5.58. The van der Waals surface area contributed by atoms with E-state index < -0.39 is 9.84 Å². The zero-order valence-electron chi connectivity index (χ0n) is 11.2. The van der Waals surface area contributed by atoms with Crippen molar-refractivity contribution in [2.24, 2.45) is 5.92 Å². The number of sulfone groups is 1. The molecule has 3 nitrogen and oxygen atoms in total. The number of nitrogens with one attached hydrogen (secondary N) is 1. The first-order chi connectivity index (χ1) is 8.02. The summed E-state index contributed by atoms with van der Waals surface area (Å²) in [7, 11) is -2.82. The molecule has 0 aromatic heterocycles. The fourth-order valence-electron chi connectivity index (χ4n) is 2.38. The lowest BCUT2D eigenvalue weighted by molar-refractivity contribution is 0.481. The van der Waals surface area contributed by atoms with Crippen LogP contribution in [0.1, 0.15) is 52.4 Å². The molecule has 0 bridgehead atoms. The van der Waals surface area contributed by atoms with Crippen molar-refractivity contribution in [3.63, 3.8) is 0 Å². The quantitative estimate of drug-likeness (QED) is 0.716. The Balaban J connectivity index is 2.20. The molecule has 1 aliphatic carbocycles. The van der Waals surface area contributed by atoms with Crippen LogP contribution in [0.4, 0.5) is 0 Å². The normalized spacial score (nSPS) is 18.8. The van der Waals surface area contributed by atoms with Crippen LogP contribution < -0.4 is 5.32 Å². The molecule has 1 aliphatic rings. The van der Waals surface area contributed by atoms with Gasteiger partial charge in [-0.05, 0) is 38.3 Å². The van der Waals surface area contributed by atoms with Crippen LogP contribution in [0.2, 0.25) is 0 Å². The summed E-state index contributed by atoms with van der Waals surface area (Å²) in [4.78, 5) is 0. The number of hydrogen-bond donors (Lipinski definition) is 1. The Morgan fingerprint density at radius 2 is 1.82 bits per heavy atom. The molecule has 0 aromatic carbocycles. The van der Waals surface area contributed by atoms with Crippen LogP contribution in [0, 0.1) is 5.92 Å². The molecule has 102 valence electrons. The average molecular weight is 261 g/mol. The third kappa shape index (κ3) is 5.87. The van der Waals surface area contributed by atoms with Crippen LogP contribution in [0.15, 0.2) is 0 Å². The summed E-state index contributed by atoms with van der Waals surface area (Å²) in [5, 5.41) is 3.26. The van der Waals surface area contributed by atoms with Gasteiger partial charge >= 0.3 is 0 Å². The first kappa shape index (κ1) is 15.0. The van der Waals surface area contributed by atoms with E-state index >= 15 is 0 Å². The van der Waals surface area contributed by atoms with Gasteiger partial charge in [0, 0.05) is 0 Å². The topological polar surface area (TPSA) is 46.2 Å². The first-order valence-electron chi connectivity index (χ1n) is 6.94. The van der Waals surface area contributed by atoms with Gasteiger partial charge in [-0.3, -0.25) is 0 Å². The molecule has 1 saturated carbocycles. The summed E-state index contributed by atoms with van der Waals surface area (Å²) in [5.41, 5.74) is 0. The van der Waals surface area contributed by atoms with Gasteiger partial charge in [-0.25, -0.2) is 8.42 Å². The maximum absolute atomic E-state index is 12.1. The maximum Gasteiger partial charge on any atom is 0.153 e. The molecule has 0 saturated heterocycles.